The average Bonchev–Trinajstić information content (AvgIpc) is 2.11. The number of carbonyl (C=O) groups is 1. The molecule has 0 aliphatic heterocycles. The first-order valence-corrected chi connectivity index (χ1v) is 7.66. The number of nitrogens with one attached hydrogen (secondary N) is 1. The number of hydrogen-bond acceptors (Lipinski definition) is 4. The standard InChI is InChI=1S/C11H15BrN2O4S/c1-11(2,3)18-10(15)14-8-6-4-5-7(12)9(8)19(13,16)17/h4-6H,1-3H3,(H,14,15)(H2,13,16,17). The number of hydrogen-bond donors (Lipinski definition) is 2. The monoisotopic (exact) mass is 350 g/mol. The molecule has 0 unspecified atom stereocenters. The van der Waals surface area contributed by atoms with Crippen molar-refractivity contribution < 1.29 is 17.9 Å². The van der Waals surface area contributed by atoms with Gasteiger partial charge in [-0.2, -0.15) is 0 Å². The lowest BCUT2D eigenvalue weighted by Crippen LogP contribution is -2.28. The van der Waals surface area contributed by atoms with Gasteiger partial charge in [-0.3, -0.25) is 5.32 Å². The summed E-state index contributed by atoms with van der Waals surface area (Å²) >= 11 is 3.08. The number of benzene rings is 1. The Morgan fingerprint density at radius 2 is 1.95 bits per heavy atom. The molecule has 0 spiro atoms. The highest BCUT2D eigenvalue weighted by molar-refractivity contribution is 9.10. The quantitative estimate of drug-likeness (QED) is 0.855. The van der Waals surface area contributed by atoms with Crippen molar-refractivity contribution in [2.24, 2.45) is 5.14 Å². The summed E-state index contributed by atoms with van der Waals surface area (Å²) in [5.74, 6) is 0. The molecule has 0 saturated heterocycles. The fourth-order valence-electron chi connectivity index (χ4n) is 1.31. The number of carbonyl (C=O) groups excluding carboxylic acids is 1. The number of sulfonamides is 1. The number of amides is 1. The van der Waals surface area contributed by atoms with Crippen LogP contribution in [0.25, 0.3) is 0 Å². The molecule has 0 aliphatic rings. The fourth-order valence-corrected chi connectivity index (χ4v) is 3.12. The normalized spacial score (nSPS) is 12.1. The SMILES string of the molecule is CC(C)(C)OC(=O)Nc1cccc(Br)c1S(N)(=O)=O. The molecule has 6 nitrogen and oxygen atoms in total. The summed E-state index contributed by atoms with van der Waals surface area (Å²) in [5, 5.41) is 7.48. The van der Waals surface area contributed by atoms with E-state index in [4.69, 9.17) is 9.88 Å². The lowest BCUT2D eigenvalue weighted by Gasteiger charge is -2.20. The molecule has 0 bridgehead atoms. The third-order valence-electron chi connectivity index (χ3n) is 1.89. The Labute approximate surface area is 120 Å². The van der Waals surface area contributed by atoms with Gasteiger partial charge in [0.1, 0.15) is 10.5 Å². The predicted molar refractivity (Wildman–Crippen MR) is 75.4 cm³/mol. The first-order valence-electron chi connectivity index (χ1n) is 5.32. The summed E-state index contributed by atoms with van der Waals surface area (Å²) in [5.41, 5.74) is -0.621. The Morgan fingerprint density at radius 1 is 1.37 bits per heavy atom. The van der Waals surface area contributed by atoms with Crippen LogP contribution in [0.2, 0.25) is 0 Å². The van der Waals surface area contributed by atoms with E-state index in [2.05, 4.69) is 21.2 Å². The smallest absolute Gasteiger partial charge is 0.412 e. The van der Waals surface area contributed by atoms with E-state index in [-0.39, 0.29) is 15.1 Å². The zero-order chi connectivity index (χ0) is 14.8. The number of anilines is 1. The summed E-state index contributed by atoms with van der Waals surface area (Å²) in [6, 6.07) is 4.51. The van der Waals surface area contributed by atoms with Crippen molar-refractivity contribution >= 4 is 37.7 Å². The van der Waals surface area contributed by atoms with E-state index in [0.717, 1.165) is 0 Å². The van der Waals surface area contributed by atoms with Gasteiger partial charge in [-0.15, -0.1) is 0 Å². The minimum absolute atomic E-state index is 0.0612. The van der Waals surface area contributed by atoms with Crippen LogP contribution in [0.5, 0.6) is 0 Å². The number of primary sulfonamides is 1. The Balaban J connectivity index is 3.10. The van der Waals surface area contributed by atoms with Crippen LogP contribution in [0, 0.1) is 0 Å². The molecule has 0 radical (unpaired) electrons. The second kappa shape index (κ2) is 5.48. The second-order valence-electron chi connectivity index (χ2n) is 4.79. The number of halogens is 1. The molecule has 0 saturated carbocycles. The van der Waals surface area contributed by atoms with Gasteiger partial charge in [0.05, 0.1) is 5.69 Å². The third-order valence-corrected chi connectivity index (χ3v) is 3.82. The van der Waals surface area contributed by atoms with E-state index in [1.807, 2.05) is 0 Å². The molecule has 1 amide bonds. The van der Waals surface area contributed by atoms with E-state index in [1.165, 1.54) is 12.1 Å². The van der Waals surface area contributed by atoms with Gasteiger partial charge >= 0.3 is 6.09 Å². The summed E-state index contributed by atoms with van der Waals surface area (Å²) in [7, 11) is -3.97. The summed E-state index contributed by atoms with van der Waals surface area (Å²) in [4.78, 5) is 11.4. The zero-order valence-electron chi connectivity index (χ0n) is 10.7. The highest BCUT2D eigenvalue weighted by Gasteiger charge is 2.22. The van der Waals surface area contributed by atoms with Crippen LogP contribution < -0.4 is 10.5 Å². The van der Waals surface area contributed by atoms with Crippen molar-refractivity contribution in [1.82, 2.24) is 0 Å². The van der Waals surface area contributed by atoms with Gasteiger partial charge in [0.2, 0.25) is 10.0 Å². The number of nitrogens with two attached hydrogens (primary N) is 1. The predicted octanol–water partition coefficient (Wildman–Crippen LogP) is 2.44. The molecule has 0 atom stereocenters. The van der Waals surface area contributed by atoms with Crippen LogP contribution in [0.4, 0.5) is 10.5 Å². The molecule has 1 aromatic rings. The molecule has 0 heterocycles. The van der Waals surface area contributed by atoms with Gasteiger partial charge in [-0.05, 0) is 48.8 Å². The summed E-state index contributed by atoms with van der Waals surface area (Å²) in [6.45, 7) is 5.11. The highest BCUT2D eigenvalue weighted by atomic mass is 79.9. The molecule has 106 valence electrons. The Bertz CT molecular complexity index is 593. The van der Waals surface area contributed by atoms with Crippen molar-refractivity contribution in [2.75, 3.05) is 5.32 Å². The van der Waals surface area contributed by atoms with Crippen LogP contribution in [-0.4, -0.2) is 20.1 Å². The van der Waals surface area contributed by atoms with Gasteiger partial charge in [0.15, 0.2) is 0 Å². The summed E-state index contributed by atoms with van der Waals surface area (Å²) < 4.78 is 28.3. The molecule has 0 aromatic heterocycles. The molecule has 1 rings (SSSR count). The maximum atomic E-state index is 11.6. The van der Waals surface area contributed by atoms with Crippen molar-refractivity contribution in [3.63, 3.8) is 0 Å². The van der Waals surface area contributed by atoms with Crippen LogP contribution in [0.3, 0.4) is 0 Å². The van der Waals surface area contributed by atoms with Gasteiger partial charge in [0.25, 0.3) is 0 Å². The first-order chi connectivity index (χ1) is 8.50. The molecule has 19 heavy (non-hydrogen) atoms. The van der Waals surface area contributed by atoms with Crippen molar-refractivity contribution in [2.45, 2.75) is 31.3 Å². The fraction of sp³-hybridized carbons (Fsp3) is 0.364. The van der Waals surface area contributed by atoms with E-state index >= 15 is 0 Å². The second-order valence-corrected chi connectivity index (χ2v) is 7.14. The van der Waals surface area contributed by atoms with E-state index in [9.17, 15) is 13.2 Å². The average molecular weight is 351 g/mol. The maximum absolute atomic E-state index is 11.6. The van der Waals surface area contributed by atoms with Crippen LogP contribution in [0.1, 0.15) is 20.8 Å². The van der Waals surface area contributed by atoms with Gasteiger partial charge in [0, 0.05) is 4.47 Å². The van der Waals surface area contributed by atoms with Crippen LogP contribution >= 0.6 is 15.9 Å². The van der Waals surface area contributed by atoms with Crippen LogP contribution in [0.15, 0.2) is 27.6 Å². The van der Waals surface area contributed by atoms with Gasteiger partial charge in [-0.25, -0.2) is 18.4 Å². The minimum atomic E-state index is -3.97. The zero-order valence-corrected chi connectivity index (χ0v) is 13.1. The third kappa shape index (κ3) is 4.81. The van der Waals surface area contributed by atoms with Crippen LogP contribution in [-0.2, 0) is 14.8 Å². The Morgan fingerprint density at radius 3 is 2.42 bits per heavy atom. The van der Waals surface area contributed by atoms with Crippen molar-refractivity contribution in [3.8, 4) is 0 Å². The van der Waals surface area contributed by atoms with Crippen molar-refractivity contribution in [3.05, 3.63) is 22.7 Å². The van der Waals surface area contributed by atoms with Crippen molar-refractivity contribution in [1.29, 1.82) is 0 Å². The van der Waals surface area contributed by atoms with Gasteiger partial charge < -0.3 is 4.74 Å². The summed E-state index contributed by atoms with van der Waals surface area (Å²) in [6.07, 6.45) is -0.754. The lowest BCUT2D eigenvalue weighted by atomic mass is 10.2. The van der Waals surface area contributed by atoms with E-state index in [0.29, 0.717) is 0 Å². The minimum Gasteiger partial charge on any atom is -0.444 e. The molecule has 1 aromatic carbocycles. The molecule has 0 fully saturated rings. The maximum Gasteiger partial charge on any atom is 0.412 e. The topological polar surface area (TPSA) is 98.5 Å². The Hall–Kier alpha value is -1.12. The number of rotatable bonds is 2. The Kier molecular flexibility index (Phi) is 4.59. The number of ether oxygens (including phenoxy) is 1. The van der Waals surface area contributed by atoms with Gasteiger partial charge in [-0.1, -0.05) is 6.07 Å². The molecule has 8 heteroatoms. The largest absolute Gasteiger partial charge is 0.444 e. The molecular weight excluding hydrogens is 336 g/mol. The first kappa shape index (κ1) is 15.9. The molecule has 0 aliphatic carbocycles. The van der Waals surface area contributed by atoms with E-state index < -0.39 is 21.7 Å². The lowest BCUT2D eigenvalue weighted by molar-refractivity contribution is 0.0635. The molecule has 3 N–H and O–H groups in total. The highest BCUT2D eigenvalue weighted by Crippen LogP contribution is 2.28. The molecular formula is C11H15BrN2O4S. The van der Waals surface area contributed by atoms with E-state index in [1.54, 1.807) is 26.8 Å².